The van der Waals surface area contributed by atoms with Gasteiger partial charge in [-0.25, -0.2) is 0 Å². The Balaban J connectivity index is 1.91. The van der Waals surface area contributed by atoms with E-state index < -0.39 is 23.6 Å². The Kier molecular flexibility index (Phi) is 8.60. The normalized spacial score (nSPS) is 12.1. The summed E-state index contributed by atoms with van der Waals surface area (Å²) in [5.41, 5.74) is 0.410. The fraction of sp³-hybridized carbons (Fsp3) is 0.231. The second kappa shape index (κ2) is 11.5. The number of aryl methyl sites for hydroxylation is 1. The maximum atomic E-state index is 13.1. The summed E-state index contributed by atoms with van der Waals surface area (Å²) < 4.78 is 45.1. The Morgan fingerprint density at radius 1 is 1.06 bits per heavy atom. The van der Waals surface area contributed by atoms with E-state index in [-0.39, 0.29) is 27.8 Å². The van der Waals surface area contributed by atoms with E-state index in [0.29, 0.717) is 18.7 Å². The number of amides is 2. The highest BCUT2D eigenvalue weighted by Gasteiger charge is 2.31. The molecule has 0 bridgehead atoms. The predicted molar refractivity (Wildman–Crippen MR) is 132 cm³/mol. The maximum Gasteiger partial charge on any atom is 0.416 e. The fourth-order valence-corrected chi connectivity index (χ4v) is 3.36. The molecule has 2 N–H and O–H groups in total. The van der Waals surface area contributed by atoms with Crippen molar-refractivity contribution in [3.8, 4) is 11.3 Å². The number of furan rings is 1. The minimum absolute atomic E-state index is 0.0480. The van der Waals surface area contributed by atoms with E-state index in [2.05, 4.69) is 10.6 Å². The third-order valence-electron chi connectivity index (χ3n) is 5.12. The van der Waals surface area contributed by atoms with Gasteiger partial charge in [-0.1, -0.05) is 29.3 Å². The lowest BCUT2D eigenvalue weighted by molar-refractivity contribution is -0.137. The number of nitrogens with zero attached hydrogens (tertiary/aromatic N) is 1. The van der Waals surface area contributed by atoms with Crippen molar-refractivity contribution < 1.29 is 27.2 Å². The standard InChI is InChI=1S/C26H25ClF3N3O3/c1-16-4-6-17(7-5-16)24(34)32-22(25(35)31-12-13-33(2)3)15-19-9-11-23(36-19)20-14-18(26(28,29)30)8-10-21(20)27/h4-11,14-15H,12-13H2,1-3H3,(H,31,35)(H,32,34)/b22-15+. The first-order valence-electron chi connectivity index (χ1n) is 10.9. The molecule has 1 heterocycles. The zero-order valence-electron chi connectivity index (χ0n) is 19.9. The van der Waals surface area contributed by atoms with Crippen LogP contribution in [0.4, 0.5) is 13.2 Å². The maximum absolute atomic E-state index is 13.1. The van der Waals surface area contributed by atoms with Crippen molar-refractivity contribution in [3.63, 3.8) is 0 Å². The molecule has 0 unspecified atom stereocenters. The number of halogens is 4. The lowest BCUT2D eigenvalue weighted by Crippen LogP contribution is -2.37. The first kappa shape index (κ1) is 27.0. The van der Waals surface area contributed by atoms with E-state index in [0.717, 1.165) is 23.8 Å². The van der Waals surface area contributed by atoms with E-state index >= 15 is 0 Å². The minimum atomic E-state index is -4.55. The zero-order chi connectivity index (χ0) is 26.5. The molecule has 36 heavy (non-hydrogen) atoms. The smallest absolute Gasteiger partial charge is 0.416 e. The van der Waals surface area contributed by atoms with Crippen LogP contribution < -0.4 is 10.6 Å². The molecule has 3 rings (SSSR count). The lowest BCUT2D eigenvalue weighted by Gasteiger charge is -2.13. The largest absolute Gasteiger partial charge is 0.457 e. The third kappa shape index (κ3) is 7.22. The first-order chi connectivity index (χ1) is 16.9. The van der Waals surface area contributed by atoms with Gasteiger partial charge in [0.1, 0.15) is 17.2 Å². The third-order valence-corrected chi connectivity index (χ3v) is 5.45. The second-order valence-electron chi connectivity index (χ2n) is 8.33. The number of hydrogen-bond donors (Lipinski definition) is 2. The van der Waals surface area contributed by atoms with Crippen molar-refractivity contribution in [3.05, 3.63) is 87.8 Å². The van der Waals surface area contributed by atoms with Gasteiger partial charge in [0.25, 0.3) is 11.8 Å². The van der Waals surface area contributed by atoms with Gasteiger partial charge < -0.3 is 20.0 Å². The summed E-state index contributed by atoms with van der Waals surface area (Å²) in [6.45, 7) is 2.78. The van der Waals surface area contributed by atoms with Crippen LogP contribution in [0.3, 0.4) is 0 Å². The quantitative estimate of drug-likeness (QED) is 0.392. The number of likely N-dealkylation sites (N-methyl/N-ethyl adjacent to an activating group) is 1. The van der Waals surface area contributed by atoms with Crippen LogP contribution in [0.5, 0.6) is 0 Å². The van der Waals surface area contributed by atoms with Crippen LogP contribution in [0.2, 0.25) is 5.02 Å². The molecule has 0 fully saturated rings. The summed E-state index contributed by atoms with van der Waals surface area (Å²) >= 11 is 6.11. The Hall–Kier alpha value is -3.56. The molecule has 190 valence electrons. The van der Waals surface area contributed by atoms with Crippen LogP contribution in [0.25, 0.3) is 17.4 Å². The van der Waals surface area contributed by atoms with Crippen LogP contribution in [0, 0.1) is 6.92 Å². The lowest BCUT2D eigenvalue weighted by atomic mass is 10.1. The summed E-state index contributed by atoms with van der Waals surface area (Å²) in [5.74, 6) is -0.834. The predicted octanol–water partition coefficient (Wildman–Crippen LogP) is 5.38. The summed E-state index contributed by atoms with van der Waals surface area (Å²) in [4.78, 5) is 27.5. The van der Waals surface area contributed by atoms with Crippen molar-refractivity contribution in [2.45, 2.75) is 13.1 Å². The molecule has 2 amide bonds. The molecule has 3 aromatic rings. The minimum Gasteiger partial charge on any atom is -0.457 e. The number of carbonyl (C=O) groups excluding carboxylic acids is 2. The molecule has 0 aliphatic rings. The summed E-state index contributed by atoms with van der Waals surface area (Å²) in [5, 5.41) is 5.38. The highest BCUT2D eigenvalue weighted by molar-refractivity contribution is 6.33. The molecular formula is C26H25ClF3N3O3. The molecule has 10 heteroatoms. The van der Waals surface area contributed by atoms with Crippen molar-refractivity contribution in [2.75, 3.05) is 27.2 Å². The number of alkyl halides is 3. The van der Waals surface area contributed by atoms with E-state index in [1.54, 1.807) is 24.3 Å². The van der Waals surface area contributed by atoms with Gasteiger partial charge in [-0.05, 0) is 63.5 Å². The SMILES string of the molecule is Cc1ccc(C(=O)N/C(=C/c2ccc(-c3cc(C(F)(F)F)ccc3Cl)o2)C(=O)NCCN(C)C)cc1. The second-order valence-corrected chi connectivity index (χ2v) is 8.74. The molecule has 6 nitrogen and oxygen atoms in total. The Morgan fingerprint density at radius 3 is 2.39 bits per heavy atom. The van der Waals surface area contributed by atoms with E-state index in [1.165, 1.54) is 18.2 Å². The van der Waals surface area contributed by atoms with Gasteiger partial charge in [-0.3, -0.25) is 9.59 Å². The van der Waals surface area contributed by atoms with E-state index in [4.69, 9.17) is 16.0 Å². The summed E-state index contributed by atoms with van der Waals surface area (Å²) in [6, 6.07) is 12.6. The van der Waals surface area contributed by atoms with Crippen LogP contribution >= 0.6 is 11.6 Å². The van der Waals surface area contributed by atoms with Gasteiger partial charge in [0, 0.05) is 30.3 Å². The molecule has 0 saturated carbocycles. The molecule has 0 radical (unpaired) electrons. The van der Waals surface area contributed by atoms with Gasteiger partial charge in [0.05, 0.1) is 10.6 Å². The van der Waals surface area contributed by atoms with Gasteiger partial charge in [0.15, 0.2) is 0 Å². The van der Waals surface area contributed by atoms with Gasteiger partial charge in [-0.2, -0.15) is 13.2 Å². The topological polar surface area (TPSA) is 74.6 Å². The first-order valence-corrected chi connectivity index (χ1v) is 11.3. The zero-order valence-corrected chi connectivity index (χ0v) is 20.6. The summed E-state index contributed by atoms with van der Waals surface area (Å²) in [7, 11) is 3.71. The van der Waals surface area contributed by atoms with Crippen molar-refractivity contribution in [2.24, 2.45) is 0 Å². The average molecular weight is 520 g/mol. The van der Waals surface area contributed by atoms with Crippen molar-refractivity contribution in [1.82, 2.24) is 15.5 Å². The highest BCUT2D eigenvalue weighted by atomic mass is 35.5. The molecule has 0 aliphatic carbocycles. The highest BCUT2D eigenvalue weighted by Crippen LogP contribution is 2.36. The molecule has 1 aromatic heterocycles. The number of benzene rings is 2. The van der Waals surface area contributed by atoms with Crippen LogP contribution in [-0.2, 0) is 11.0 Å². The number of carbonyl (C=O) groups is 2. The van der Waals surface area contributed by atoms with Crippen LogP contribution in [0.1, 0.15) is 27.2 Å². The van der Waals surface area contributed by atoms with E-state index in [1.807, 2.05) is 25.9 Å². The Labute approximate surface area is 211 Å². The number of rotatable bonds is 8. The van der Waals surface area contributed by atoms with Gasteiger partial charge in [-0.15, -0.1) is 0 Å². The molecular weight excluding hydrogens is 495 g/mol. The van der Waals surface area contributed by atoms with Gasteiger partial charge >= 0.3 is 6.18 Å². The fourth-order valence-electron chi connectivity index (χ4n) is 3.15. The molecule has 0 atom stereocenters. The van der Waals surface area contributed by atoms with Crippen molar-refractivity contribution >= 4 is 29.5 Å². The van der Waals surface area contributed by atoms with Crippen LogP contribution in [0.15, 0.2) is 64.7 Å². The van der Waals surface area contributed by atoms with Crippen molar-refractivity contribution in [1.29, 1.82) is 0 Å². The Bertz CT molecular complexity index is 1270. The summed E-state index contributed by atoms with van der Waals surface area (Å²) in [6.07, 6.45) is -3.24. The molecule has 0 spiro atoms. The number of nitrogens with one attached hydrogen (secondary N) is 2. The van der Waals surface area contributed by atoms with Crippen LogP contribution in [-0.4, -0.2) is 43.9 Å². The molecule has 0 saturated heterocycles. The van der Waals surface area contributed by atoms with E-state index in [9.17, 15) is 22.8 Å². The number of hydrogen-bond acceptors (Lipinski definition) is 4. The molecule has 0 aliphatic heterocycles. The average Bonchev–Trinajstić information content (AvgIpc) is 3.26. The monoisotopic (exact) mass is 519 g/mol. The van der Waals surface area contributed by atoms with Gasteiger partial charge in [0.2, 0.25) is 0 Å². The molecule has 2 aromatic carbocycles. The Morgan fingerprint density at radius 2 is 1.75 bits per heavy atom.